The van der Waals surface area contributed by atoms with E-state index in [0.29, 0.717) is 31.7 Å². The Labute approximate surface area is 111 Å². The Balaban J connectivity index is 2.15. The van der Waals surface area contributed by atoms with Gasteiger partial charge in [0.25, 0.3) is 5.91 Å². The molecule has 0 radical (unpaired) electrons. The van der Waals surface area contributed by atoms with Crippen LogP contribution in [0.15, 0.2) is 12.4 Å². The Morgan fingerprint density at radius 1 is 1.58 bits per heavy atom. The Morgan fingerprint density at radius 2 is 2.37 bits per heavy atom. The molecule has 1 saturated heterocycles. The van der Waals surface area contributed by atoms with Crippen molar-refractivity contribution >= 4 is 11.8 Å². The van der Waals surface area contributed by atoms with E-state index in [1.807, 2.05) is 6.92 Å². The maximum atomic E-state index is 12.4. The van der Waals surface area contributed by atoms with Crippen LogP contribution in [0.1, 0.15) is 17.3 Å². The van der Waals surface area contributed by atoms with Crippen LogP contribution in [0.5, 0.6) is 0 Å². The van der Waals surface area contributed by atoms with E-state index in [1.54, 1.807) is 22.8 Å². The minimum Gasteiger partial charge on any atom is -0.355 e. The van der Waals surface area contributed by atoms with Gasteiger partial charge in [-0.15, -0.1) is 0 Å². The lowest BCUT2D eigenvalue weighted by molar-refractivity contribution is -0.126. The van der Waals surface area contributed by atoms with Gasteiger partial charge in [-0.25, -0.2) is 0 Å². The lowest BCUT2D eigenvalue weighted by Gasteiger charge is -2.34. The first kappa shape index (κ1) is 13.5. The Hall–Kier alpha value is -1.89. The third kappa shape index (κ3) is 2.93. The highest BCUT2D eigenvalue weighted by atomic mass is 16.2. The molecule has 0 aromatic carbocycles. The molecule has 7 heteroatoms. The summed E-state index contributed by atoms with van der Waals surface area (Å²) < 4.78 is 1.58. The molecule has 1 atom stereocenters. The van der Waals surface area contributed by atoms with Crippen LogP contribution in [-0.2, 0) is 11.8 Å². The topological polar surface area (TPSA) is 79.3 Å². The van der Waals surface area contributed by atoms with Crippen molar-refractivity contribution in [3.63, 3.8) is 0 Å². The fourth-order valence-corrected chi connectivity index (χ4v) is 2.17. The van der Waals surface area contributed by atoms with Gasteiger partial charge in [-0.1, -0.05) is 0 Å². The first-order chi connectivity index (χ1) is 9.13. The molecule has 2 amide bonds. The summed E-state index contributed by atoms with van der Waals surface area (Å²) in [7, 11) is 1.76. The number of nitrogens with one attached hydrogen (secondary N) is 2. The van der Waals surface area contributed by atoms with Crippen molar-refractivity contribution in [2.45, 2.75) is 13.0 Å². The maximum Gasteiger partial charge on any atom is 0.257 e. The van der Waals surface area contributed by atoms with Crippen molar-refractivity contribution in [1.29, 1.82) is 0 Å². The van der Waals surface area contributed by atoms with Crippen molar-refractivity contribution in [3.8, 4) is 0 Å². The molecule has 2 rings (SSSR count). The van der Waals surface area contributed by atoms with E-state index in [-0.39, 0.29) is 11.8 Å². The van der Waals surface area contributed by atoms with Crippen LogP contribution >= 0.6 is 0 Å². The Kier molecular flexibility index (Phi) is 4.16. The van der Waals surface area contributed by atoms with Gasteiger partial charge in [0.05, 0.1) is 11.8 Å². The van der Waals surface area contributed by atoms with E-state index in [2.05, 4.69) is 15.7 Å². The highest BCUT2D eigenvalue weighted by Gasteiger charge is 2.32. The molecule has 1 fully saturated rings. The summed E-state index contributed by atoms with van der Waals surface area (Å²) in [4.78, 5) is 26.0. The fraction of sp³-hybridized carbons (Fsp3) is 0.583. The summed E-state index contributed by atoms with van der Waals surface area (Å²) in [5.41, 5.74) is 0.513. The number of likely N-dealkylation sites (N-methyl/N-ethyl adjacent to an activating group) is 1. The van der Waals surface area contributed by atoms with E-state index < -0.39 is 6.04 Å². The number of aryl methyl sites for hydroxylation is 1. The van der Waals surface area contributed by atoms with E-state index in [1.165, 1.54) is 6.20 Å². The molecule has 2 N–H and O–H groups in total. The molecule has 2 heterocycles. The number of aromatic nitrogens is 2. The zero-order valence-electron chi connectivity index (χ0n) is 11.2. The zero-order valence-corrected chi connectivity index (χ0v) is 11.2. The van der Waals surface area contributed by atoms with Crippen molar-refractivity contribution in [2.24, 2.45) is 7.05 Å². The van der Waals surface area contributed by atoms with Crippen LogP contribution in [0, 0.1) is 0 Å². The van der Waals surface area contributed by atoms with Gasteiger partial charge in [0.2, 0.25) is 5.91 Å². The number of hydrogen-bond acceptors (Lipinski definition) is 4. The van der Waals surface area contributed by atoms with Crippen molar-refractivity contribution in [3.05, 3.63) is 18.0 Å². The van der Waals surface area contributed by atoms with Gasteiger partial charge in [-0.2, -0.15) is 5.10 Å². The predicted molar refractivity (Wildman–Crippen MR) is 69.6 cm³/mol. The lowest BCUT2D eigenvalue weighted by atomic mass is 10.1. The monoisotopic (exact) mass is 265 g/mol. The lowest BCUT2D eigenvalue weighted by Crippen LogP contribution is -2.59. The molecular weight excluding hydrogens is 246 g/mol. The number of carbonyl (C=O) groups excluding carboxylic acids is 2. The highest BCUT2D eigenvalue weighted by Crippen LogP contribution is 2.10. The maximum absolute atomic E-state index is 12.4. The normalized spacial score (nSPS) is 19.3. The van der Waals surface area contributed by atoms with Crippen LogP contribution < -0.4 is 10.6 Å². The van der Waals surface area contributed by atoms with Crippen molar-refractivity contribution in [2.75, 3.05) is 26.2 Å². The molecule has 1 aliphatic heterocycles. The molecule has 19 heavy (non-hydrogen) atoms. The summed E-state index contributed by atoms with van der Waals surface area (Å²) in [5.74, 6) is -0.266. The molecule has 0 spiro atoms. The molecule has 1 aliphatic rings. The predicted octanol–water partition coefficient (Wildman–Crippen LogP) is -1.03. The number of hydrogen-bond donors (Lipinski definition) is 2. The average molecular weight is 265 g/mol. The minimum atomic E-state index is -0.457. The van der Waals surface area contributed by atoms with E-state index in [4.69, 9.17) is 0 Å². The first-order valence-electron chi connectivity index (χ1n) is 6.41. The summed E-state index contributed by atoms with van der Waals surface area (Å²) in [6.45, 7) is 4.13. The van der Waals surface area contributed by atoms with Crippen LogP contribution in [0.2, 0.25) is 0 Å². The third-order valence-electron chi connectivity index (χ3n) is 3.11. The Bertz CT molecular complexity index is 470. The number of nitrogens with zero attached hydrogens (tertiary/aromatic N) is 3. The number of rotatable bonds is 3. The Morgan fingerprint density at radius 3 is 3.00 bits per heavy atom. The SMILES string of the molecule is CCNC(=O)C1CNCCN1C(=O)c1cnn(C)c1. The second kappa shape index (κ2) is 5.83. The van der Waals surface area contributed by atoms with Gasteiger partial charge in [-0.3, -0.25) is 14.3 Å². The van der Waals surface area contributed by atoms with E-state index in [0.717, 1.165) is 0 Å². The summed E-state index contributed by atoms with van der Waals surface area (Å²) >= 11 is 0. The van der Waals surface area contributed by atoms with Crippen LogP contribution in [-0.4, -0.2) is 58.7 Å². The largest absolute Gasteiger partial charge is 0.355 e. The zero-order chi connectivity index (χ0) is 13.8. The summed E-state index contributed by atoms with van der Waals surface area (Å²) in [6.07, 6.45) is 3.19. The van der Waals surface area contributed by atoms with Crippen molar-refractivity contribution in [1.82, 2.24) is 25.3 Å². The van der Waals surface area contributed by atoms with Gasteiger partial charge in [0.1, 0.15) is 6.04 Å². The number of carbonyl (C=O) groups is 2. The molecule has 1 aromatic heterocycles. The molecule has 0 bridgehead atoms. The van der Waals surface area contributed by atoms with E-state index in [9.17, 15) is 9.59 Å². The second-order valence-corrected chi connectivity index (χ2v) is 4.52. The molecule has 1 unspecified atom stereocenters. The van der Waals surface area contributed by atoms with Crippen LogP contribution in [0.25, 0.3) is 0 Å². The first-order valence-corrected chi connectivity index (χ1v) is 6.41. The average Bonchev–Trinajstić information content (AvgIpc) is 2.85. The van der Waals surface area contributed by atoms with Crippen LogP contribution in [0.3, 0.4) is 0 Å². The summed E-state index contributed by atoms with van der Waals surface area (Å²) in [5, 5.41) is 9.89. The minimum absolute atomic E-state index is 0.119. The van der Waals surface area contributed by atoms with Gasteiger partial charge >= 0.3 is 0 Å². The highest BCUT2D eigenvalue weighted by molar-refractivity contribution is 5.97. The molecule has 0 aliphatic carbocycles. The fourth-order valence-electron chi connectivity index (χ4n) is 2.17. The quantitative estimate of drug-likeness (QED) is 0.732. The smallest absolute Gasteiger partial charge is 0.257 e. The summed E-state index contributed by atoms with van der Waals surface area (Å²) in [6, 6.07) is -0.457. The standard InChI is InChI=1S/C12H19N5O2/c1-3-14-11(18)10-7-13-4-5-17(10)12(19)9-6-15-16(2)8-9/h6,8,10,13H,3-5,7H2,1-2H3,(H,14,18). The van der Waals surface area contributed by atoms with Gasteiger partial charge in [0, 0.05) is 39.4 Å². The second-order valence-electron chi connectivity index (χ2n) is 4.52. The van der Waals surface area contributed by atoms with Crippen LogP contribution in [0.4, 0.5) is 0 Å². The third-order valence-corrected chi connectivity index (χ3v) is 3.11. The van der Waals surface area contributed by atoms with Gasteiger partial charge in [0.15, 0.2) is 0 Å². The molecule has 7 nitrogen and oxygen atoms in total. The molecule has 104 valence electrons. The number of piperazine rings is 1. The van der Waals surface area contributed by atoms with Crippen molar-refractivity contribution < 1.29 is 9.59 Å². The molecule has 0 saturated carbocycles. The molecule has 1 aromatic rings. The van der Waals surface area contributed by atoms with E-state index >= 15 is 0 Å². The number of amides is 2. The van der Waals surface area contributed by atoms with Gasteiger partial charge in [-0.05, 0) is 6.92 Å². The van der Waals surface area contributed by atoms with Gasteiger partial charge < -0.3 is 15.5 Å². The molecular formula is C12H19N5O2.